The third-order valence-corrected chi connectivity index (χ3v) is 4.82. The Morgan fingerprint density at radius 3 is 2.69 bits per heavy atom. The predicted octanol–water partition coefficient (Wildman–Crippen LogP) is 5.68. The second kappa shape index (κ2) is 6.95. The van der Waals surface area contributed by atoms with Gasteiger partial charge in [-0.2, -0.15) is 5.26 Å². The molecule has 2 heterocycles. The highest BCUT2D eigenvalue weighted by Crippen LogP contribution is 2.30. The first kappa shape index (κ1) is 16.2. The van der Waals surface area contributed by atoms with Gasteiger partial charge in [-0.25, -0.2) is 4.98 Å². The van der Waals surface area contributed by atoms with Crippen molar-refractivity contribution in [2.45, 2.75) is 16.9 Å². The number of hydrogen-bond donors (Lipinski definition) is 1. The molecular formula is C21H15N3OS. The molecule has 4 aromatic rings. The summed E-state index contributed by atoms with van der Waals surface area (Å²) in [7, 11) is 0. The molecule has 2 aromatic carbocycles. The number of aryl methyl sites for hydroxylation is 1. The third kappa shape index (κ3) is 3.41. The van der Waals surface area contributed by atoms with Crippen LogP contribution >= 0.6 is 11.8 Å². The molecule has 0 aliphatic carbocycles. The normalized spacial score (nSPS) is 11.6. The number of nitrogens with zero attached hydrogens (tertiary/aromatic N) is 2. The Morgan fingerprint density at radius 2 is 1.92 bits per heavy atom. The van der Waals surface area contributed by atoms with E-state index in [2.05, 4.69) is 47.2 Å². The van der Waals surface area contributed by atoms with Gasteiger partial charge in [0.2, 0.25) is 0 Å². The molecule has 4 nitrogen and oxygen atoms in total. The molecule has 2 aromatic heterocycles. The van der Waals surface area contributed by atoms with Crippen LogP contribution in [0.4, 0.5) is 0 Å². The van der Waals surface area contributed by atoms with Crippen LogP contribution in [0.15, 0.2) is 75.1 Å². The second-order valence-corrected chi connectivity index (χ2v) is 6.92. The van der Waals surface area contributed by atoms with Crippen molar-refractivity contribution in [1.82, 2.24) is 9.97 Å². The van der Waals surface area contributed by atoms with Crippen molar-refractivity contribution in [2.24, 2.45) is 0 Å². The number of imidazole rings is 1. The van der Waals surface area contributed by atoms with Gasteiger partial charge in [0.25, 0.3) is 0 Å². The molecule has 0 radical (unpaired) electrons. The highest BCUT2D eigenvalue weighted by molar-refractivity contribution is 7.99. The van der Waals surface area contributed by atoms with Gasteiger partial charge in [-0.3, -0.25) is 0 Å². The Bertz CT molecular complexity index is 1100. The Hall–Kier alpha value is -3.23. The van der Waals surface area contributed by atoms with Crippen LogP contribution in [0.25, 0.3) is 22.7 Å². The Kier molecular flexibility index (Phi) is 4.34. The van der Waals surface area contributed by atoms with Gasteiger partial charge in [0, 0.05) is 11.0 Å². The van der Waals surface area contributed by atoms with Gasteiger partial charge >= 0.3 is 0 Å². The lowest BCUT2D eigenvalue weighted by atomic mass is 10.2. The summed E-state index contributed by atoms with van der Waals surface area (Å²) in [5, 5.41) is 10.3. The summed E-state index contributed by atoms with van der Waals surface area (Å²) in [5.41, 5.74) is 3.39. The average Bonchev–Trinajstić information content (AvgIpc) is 3.28. The van der Waals surface area contributed by atoms with Crippen LogP contribution in [0.3, 0.4) is 0 Å². The van der Waals surface area contributed by atoms with E-state index in [9.17, 15) is 5.26 Å². The van der Waals surface area contributed by atoms with Crippen molar-refractivity contribution in [1.29, 1.82) is 5.26 Å². The van der Waals surface area contributed by atoms with Crippen molar-refractivity contribution in [2.75, 3.05) is 0 Å². The van der Waals surface area contributed by atoms with Gasteiger partial charge in [-0.05, 0) is 43.3 Å². The summed E-state index contributed by atoms with van der Waals surface area (Å²) in [6, 6.07) is 21.9. The van der Waals surface area contributed by atoms with E-state index in [1.807, 2.05) is 36.4 Å². The molecule has 0 atom stereocenters. The minimum atomic E-state index is 0.433. The minimum absolute atomic E-state index is 0.433. The lowest BCUT2D eigenvalue weighted by Gasteiger charge is -1.98. The minimum Gasteiger partial charge on any atom is -0.450 e. The fourth-order valence-electron chi connectivity index (χ4n) is 2.57. The summed E-state index contributed by atoms with van der Waals surface area (Å²) in [6.07, 6.45) is 1.71. The number of hydrogen-bond acceptors (Lipinski definition) is 4. The molecule has 26 heavy (non-hydrogen) atoms. The van der Waals surface area contributed by atoms with Crippen LogP contribution in [0.5, 0.6) is 0 Å². The van der Waals surface area contributed by atoms with Crippen LogP contribution < -0.4 is 0 Å². The summed E-state index contributed by atoms with van der Waals surface area (Å²) < 4.78 is 5.84. The van der Waals surface area contributed by atoms with Crippen LogP contribution in [0.2, 0.25) is 0 Å². The van der Waals surface area contributed by atoms with Crippen LogP contribution in [0, 0.1) is 18.3 Å². The van der Waals surface area contributed by atoms with Crippen molar-refractivity contribution in [3.63, 3.8) is 0 Å². The molecule has 0 aliphatic rings. The number of allylic oxidation sites excluding steroid dienone is 1. The lowest BCUT2D eigenvalue weighted by molar-refractivity contribution is 0.466. The number of para-hydroxylation sites is 2. The Balaban J connectivity index is 1.59. The molecule has 5 heteroatoms. The first-order chi connectivity index (χ1) is 12.7. The molecule has 0 fully saturated rings. The van der Waals surface area contributed by atoms with Crippen molar-refractivity contribution >= 4 is 34.4 Å². The fraction of sp³-hybridized carbons (Fsp3) is 0.0476. The van der Waals surface area contributed by atoms with Gasteiger partial charge < -0.3 is 9.40 Å². The number of H-pyrrole nitrogens is 1. The van der Waals surface area contributed by atoms with Crippen molar-refractivity contribution in [3.05, 3.63) is 77.8 Å². The molecule has 0 bridgehead atoms. The summed E-state index contributed by atoms with van der Waals surface area (Å²) >= 11 is 1.55. The summed E-state index contributed by atoms with van der Waals surface area (Å²) in [5.74, 6) is 1.16. The Morgan fingerprint density at radius 1 is 1.12 bits per heavy atom. The van der Waals surface area contributed by atoms with E-state index in [0.29, 0.717) is 17.2 Å². The van der Waals surface area contributed by atoms with E-state index in [1.54, 1.807) is 17.8 Å². The van der Waals surface area contributed by atoms with Crippen LogP contribution in [-0.2, 0) is 0 Å². The van der Waals surface area contributed by atoms with E-state index in [0.717, 1.165) is 21.0 Å². The van der Waals surface area contributed by atoms with Gasteiger partial charge in [-0.15, -0.1) is 0 Å². The first-order valence-electron chi connectivity index (χ1n) is 8.12. The SMILES string of the molecule is Cc1ccc(Sc2ccc(/C=C(\C#N)c3nc4ccccc4[nH]3)o2)cc1. The average molecular weight is 357 g/mol. The van der Waals surface area contributed by atoms with E-state index < -0.39 is 0 Å². The molecule has 0 saturated carbocycles. The van der Waals surface area contributed by atoms with E-state index >= 15 is 0 Å². The topological polar surface area (TPSA) is 65.6 Å². The number of furan rings is 1. The number of aromatic amines is 1. The molecule has 0 saturated heterocycles. The van der Waals surface area contributed by atoms with E-state index in [-0.39, 0.29) is 0 Å². The molecule has 1 N–H and O–H groups in total. The number of aromatic nitrogens is 2. The van der Waals surface area contributed by atoms with Crippen molar-refractivity contribution in [3.8, 4) is 6.07 Å². The fourth-order valence-corrected chi connectivity index (χ4v) is 3.34. The first-order valence-corrected chi connectivity index (χ1v) is 8.94. The van der Waals surface area contributed by atoms with Gasteiger partial charge in [0.05, 0.1) is 16.6 Å². The molecule has 4 rings (SSSR count). The van der Waals surface area contributed by atoms with E-state index in [4.69, 9.17) is 4.42 Å². The highest BCUT2D eigenvalue weighted by Gasteiger charge is 2.09. The number of nitriles is 1. The molecule has 0 unspecified atom stereocenters. The summed E-state index contributed by atoms with van der Waals surface area (Å²) in [4.78, 5) is 8.75. The highest BCUT2D eigenvalue weighted by atomic mass is 32.2. The monoisotopic (exact) mass is 357 g/mol. The zero-order valence-electron chi connectivity index (χ0n) is 14.1. The number of nitrogens with one attached hydrogen (secondary N) is 1. The van der Waals surface area contributed by atoms with Crippen LogP contribution in [-0.4, -0.2) is 9.97 Å². The number of fused-ring (bicyclic) bond motifs is 1. The maximum atomic E-state index is 9.51. The quantitative estimate of drug-likeness (QED) is 0.477. The number of benzene rings is 2. The lowest BCUT2D eigenvalue weighted by Crippen LogP contribution is -1.84. The maximum Gasteiger partial charge on any atom is 0.165 e. The molecule has 0 aliphatic heterocycles. The smallest absolute Gasteiger partial charge is 0.165 e. The molecule has 0 amide bonds. The largest absolute Gasteiger partial charge is 0.450 e. The van der Waals surface area contributed by atoms with Crippen LogP contribution in [0.1, 0.15) is 17.1 Å². The molecule has 126 valence electrons. The maximum absolute atomic E-state index is 9.51. The van der Waals surface area contributed by atoms with Gasteiger partial charge in [-0.1, -0.05) is 41.6 Å². The van der Waals surface area contributed by atoms with Crippen molar-refractivity contribution < 1.29 is 4.42 Å². The second-order valence-electron chi connectivity index (χ2n) is 5.84. The third-order valence-electron chi connectivity index (χ3n) is 3.89. The molecular weight excluding hydrogens is 342 g/mol. The Labute approximate surface area is 155 Å². The zero-order chi connectivity index (χ0) is 17.9. The van der Waals surface area contributed by atoms with Gasteiger partial charge in [0.15, 0.2) is 5.09 Å². The van der Waals surface area contributed by atoms with E-state index in [1.165, 1.54) is 5.56 Å². The van der Waals surface area contributed by atoms with Gasteiger partial charge in [0.1, 0.15) is 17.7 Å². The zero-order valence-corrected chi connectivity index (χ0v) is 14.9. The predicted molar refractivity (Wildman–Crippen MR) is 104 cm³/mol. The molecule has 0 spiro atoms. The summed E-state index contributed by atoms with van der Waals surface area (Å²) in [6.45, 7) is 2.06. The standard InChI is InChI=1S/C21H15N3OS/c1-14-6-9-17(10-7-14)26-20-11-8-16(25-20)12-15(13-22)21-23-18-4-2-3-5-19(18)24-21/h2-12H,1H3,(H,23,24)/b15-12+. The number of rotatable bonds is 4.